The van der Waals surface area contributed by atoms with Gasteiger partial charge in [0.1, 0.15) is 0 Å². The van der Waals surface area contributed by atoms with Gasteiger partial charge in [-0.05, 0) is 0 Å². The fraction of sp³-hybridized carbons (Fsp3) is 0.429. The standard InChI is InChI=1S/C14H14N2S4Se2/c1-9-10(2)22-14(21-9)13-19-11(17-7-3-5-15)12(20-13)18-8-4-6-16/h3-4,7-8H2,1-2H3. The van der Waals surface area contributed by atoms with Crippen molar-refractivity contribution >= 4 is 77.0 Å². The zero-order valence-electron chi connectivity index (χ0n) is 12.2. The van der Waals surface area contributed by atoms with Gasteiger partial charge < -0.3 is 0 Å². The molecule has 0 saturated heterocycles. The van der Waals surface area contributed by atoms with Crippen LogP contribution in [-0.4, -0.2) is 41.4 Å². The molecular formula is C14H14N2S4Se2. The number of hydrogen-bond donors (Lipinski definition) is 0. The van der Waals surface area contributed by atoms with E-state index in [9.17, 15) is 0 Å². The molecule has 116 valence electrons. The van der Waals surface area contributed by atoms with E-state index in [1.807, 2.05) is 23.5 Å². The van der Waals surface area contributed by atoms with Crippen LogP contribution in [0.5, 0.6) is 0 Å². The number of hydrogen-bond acceptors (Lipinski definition) is 6. The van der Waals surface area contributed by atoms with Gasteiger partial charge in [0, 0.05) is 0 Å². The van der Waals surface area contributed by atoms with Crippen molar-refractivity contribution in [1.82, 2.24) is 0 Å². The molecule has 2 heterocycles. The molecule has 0 atom stereocenters. The van der Waals surface area contributed by atoms with Crippen molar-refractivity contribution in [3.8, 4) is 12.1 Å². The summed E-state index contributed by atoms with van der Waals surface area (Å²) in [6.45, 7) is 4.54. The van der Waals surface area contributed by atoms with Crippen LogP contribution in [0.25, 0.3) is 0 Å². The fourth-order valence-electron chi connectivity index (χ4n) is 1.44. The molecule has 0 aromatic heterocycles. The number of thioether (sulfide) groups is 4. The van der Waals surface area contributed by atoms with E-state index in [4.69, 9.17) is 10.5 Å². The zero-order valence-corrected chi connectivity index (χ0v) is 18.9. The summed E-state index contributed by atoms with van der Waals surface area (Å²) < 4.78 is 9.04. The quantitative estimate of drug-likeness (QED) is 0.393. The number of rotatable bonds is 6. The van der Waals surface area contributed by atoms with Gasteiger partial charge in [-0.15, -0.1) is 0 Å². The summed E-state index contributed by atoms with van der Waals surface area (Å²) in [4.78, 5) is 0. The van der Waals surface area contributed by atoms with Gasteiger partial charge in [0.05, 0.1) is 0 Å². The Kier molecular flexibility index (Phi) is 8.47. The van der Waals surface area contributed by atoms with Crippen molar-refractivity contribution in [1.29, 1.82) is 10.5 Å². The molecule has 22 heavy (non-hydrogen) atoms. The Morgan fingerprint density at radius 1 is 0.909 bits per heavy atom. The van der Waals surface area contributed by atoms with Gasteiger partial charge in [0.15, 0.2) is 0 Å². The molecule has 0 spiro atoms. The summed E-state index contributed by atoms with van der Waals surface area (Å²) in [6.07, 6.45) is 1.18. The van der Waals surface area contributed by atoms with E-state index in [0.29, 0.717) is 42.8 Å². The van der Waals surface area contributed by atoms with Crippen LogP contribution in [0.3, 0.4) is 0 Å². The fourth-order valence-corrected chi connectivity index (χ4v) is 15.0. The summed E-state index contributed by atoms with van der Waals surface area (Å²) in [5.41, 5.74) is 0. The molecule has 0 N–H and O–H groups in total. The molecule has 0 unspecified atom stereocenters. The molecule has 8 heteroatoms. The van der Waals surface area contributed by atoms with Crippen LogP contribution in [0, 0.1) is 22.7 Å². The predicted molar refractivity (Wildman–Crippen MR) is 104 cm³/mol. The average molecular weight is 496 g/mol. The van der Waals surface area contributed by atoms with Crippen molar-refractivity contribution in [2.45, 2.75) is 26.7 Å². The Morgan fingerprint density at radius 2 is 1.36 bits per heavy atom. The van der Waals surface area contributed by atoms with Gasteiger partial charge in [-0.1, -0.05) is 0 Å². The summed E-state index contributed by atoms with van der Waals surface area (Å²) in [5.74, 6) is 1.72. The minimum atomic E-state index is 0.536. The normalized spacial score (nSPS) is 18.2. The molecular weight excluding hydrogens is 482 g/mol. The first-order valence-corrected chi connectivity index (χ1v) is 13.6. The van der Waals surface area contributed by atoms with Crippen molar-refractivity contribution in [3.63, 3.8) is 0 Å². The third-order valence-corrected chi connectivity index (χ3v) is 16.0. The minimum absolute atomic E-state index is 0.536. The second-order valence-electron chi connectivity index (χ2n) is 4.18. The van der Waals surface area contributed by atoms with E-state index < -0.39 is 0 Å². The van der Waals surface area contributed by atoms with Crippen LogP contribution < -0.4 is 0 Å². The molecule has 2 nitrogen and oxygen atoms in total. The average Bonchev–Trinajstić information content (AvgIpc) is 3.04. The van der Waals surface area contributed by atoms with E-state index in [0.717, 1.165) is 11.5 Å². The van der Waals surface area contributed by atoms with Crippen molar-refractivity contribution in [3.05, 3.63) is 25.0 Å². The van der Waals surface area contributed by atoms with Gasteiger partial charge in [-0.2, -0.15) is 0 Å². The molecule has 0 aliphatic carbocycles. The van der Waals surface area contributed by atoms with Gasteiger partial charge in [-0.3, -0.25) is 0 Å². The maximum absolute atomic E-state index is 8.72. The molecule has 0 radical (unpaired) electrons. The molecule has 2 aliphatic rings. The van der Waals surface area contributed by atoms with Crippen LogP contribution in [0.15, 0.2) is 25.0 Å². The molecule has 0 aromatic rings. The van der Waals surface area contributed by atoms with Crippen LogP contribution >= 0.6 is 47.0 Å². The van der Waals surface area contributed by atoms with Crippen molar-refractivity contribution in [2.24, 2.45) is 0 Å². The van der Waals surface area contributed by atoms with Crippen molar-refractivity contribution < 1.29 is 0 Å². The topological polar surface area (TPSA) is 47.6 Å². The molecule has 0 bridgehead atoms. The second kappa shape index (κ2) is 9.82. The van der Waals surface area contributed by atoms with Crippen LogP contribution in [0.4, 0.5) is 0 Å². The van der Waals surface area contributed by atoms with Gasteiger partial charge >= 0.3 is 163 Å². The first-order valence-electron chi connectivity index (χ1n) is 6.52. The van der Waals surface area contributed by atoms with Crippen LogP contribution in [0.1, 0.15) is 26.7 Å². The Morgan fingerprint density at radius 3 is 1.77 bits per heavy atom. The first kappa shape index (κ1) is 19.0. The summed E-state index contributed by atoms with van der Waals surface area (Å²) in [7, 11) is 0. The number of allylic oxidation sites excluding steroid dienone is 2. The summed E-state index contributed by atoms with van der Waals surface area (Å²) in [5, 5.41) is 17.4. The monoisotopic (exact) mass is 498 g/mol. The zero-order chi connectivity index (χ0) is 15.9. The molecule has 0 fully saturated rings. The SMILES string of the molecule is CC1=C(C)[Se]C(=C2SC(SCCC#N)=C(SCCC#N)S2)[Se]1. The number of nitrogens with zero attached hydrogens (tertiary/aromatic N) is 2. The number of nitriles is 2. The van der Waals surface area contributed by atoms with E-state index in [-0.39, 0.29) is 0 Å². The molecule has 0 amide bonds. The van der Waals surface area contributed by atoms with Crippen LogP contribution in [-0.2, 0) is 0 Å². The summed E-state index contributed by atoms with van der Waals surface area (Å²) >= 11 is 8.48. The third kappa shape index (κ3) is 5.33. The molecule has 0 saturated carbocycles. The summed E-state index contributed by atoms with van der Waals surface area (Å²) in [6, 6.07) is 4.43. The van der Waals surface area contributed by atoms with Crippen molar-refractivity contribution in [2.75, 3.05) is 11.5 Å². The second-order valence-corrected chi connectivity index (χ2v) is 15.7. The molecule has 2 rings (SSSR count). The van der Waals surface area contributed by atoms with E-state index in [1.54, 1.807) is 35.8 Å². The Balaban J connectivity index is 2.04. The molecule has 2 aliphatic heterocycles. The predicted octanol–water partition coefficient (Wildman–Crippen LogP) is 4.69. The van der Waals surface area contributed by atoms with Gasteiger partial charge in [-0.25, -0.2) is 0 Å². The Labute approximate surface area is 161 Å². The van der Waals surface area contributed by atoms with Crippen LogP contribution in [0.2, 0.25) is 0 Å². The maximum atomic E-state index is 8.72. The first-order chi connectivity index (χ1) is 10.7. The van der Waals surface area contributed by atoms with E-state index >= 15 is 0 Å². The van der Waals surface area contributed by atoms with E-state index in [2.05, 4.69) is 26.0 Å². The Bertz CT molecular complexity index is 576. The van der Waals surface area contributed by atoms with E-state index in [1.165, 1.54) is 12.7 Å². The Hall–Kier alpha value is 0.639. The van der Waals surface area contributed by atoms with Gasteiger partial charge in [0.25, 0.3) is 0 Å². The van der Waals surface area contributed by atoms with Gasteiger partial charge in [0.2, 0.25) is 0 Å². The third-order valence-electron chi connectivity index (χ3n) is 2.59. The molecule has 0 aromatic carbocycles.